The molecule has 0 saturated heterocycles. The predicted octanol–water partition coefficient (Wildman–Crippen LogP) is 1.76. The standard InChI is InChI=1S/C9H9BrClNO3/c10-7-2-1-6(5-8(7)11)9(14)12-15-4-3-13/h1-2,5,13H,3-4H2,(H,12,14). The minimum atomic E-state index is -0.405. The highest BCUT2D eigenvalue weighted by molar-refractivity contribution is 9.10. The van der Waals surface area contributed by atoms with Crippen molar-refractivity contribution >= 4 is 33.4 Å². The van der Waals surface area contributed by atoms with Gasteiger partial charge in [-0.1, -0.05) is 11.6 Å². The summed E-state index contributed by atoms with van der Waals surface area (Å²) in [7, 11) is 0. The maximum Gasteiger partial charge on any atom is 0.274 e. The normalized spacial score (nSPS) is 10.1. The average molecular weight is 295 g/mol. The Bertz CT molecular complexity index is 359. The van der Waals surface area contributed by atoms with Crippen LogP contribution in [-0.2, 0) is 4.84 Å². The Morgan fingerprint density at radius 1 is 1.60 bits per heavy atom. The average Bonchev–Trinajstić information content (AvgIpc) is 2.22. The zero-order chi connectivity index (χ0) is 11.3. The molecule has 0 saturated carbocycles. The van der Waals surface area contributed by atoms with E-state index < -0.39 is 5.91 Å². The second-order valence-electron chi connectivity index (χ2n) is 2.63. The highest BCUT2D eigenvalue weighted by Crippen LogP contribution is 2.22. The van der Waals surface area contributed by atoms with Crippen molar-refractivity contribution in [1.29, 1.82) is 0 Å². The molecule has 0 spiro atoms. The van der Waals surface area contributed by atoms with Gasteiger partial charge in [0.1, 0.15) is 0 Å². The largest absolute Gasteiger partial charge is 0.394 e. The van der Waals surface area contributed by atoms with Crippen LogP contribution in [-0.4, -0.2) is 24.2 Å². The monoisotopic (exact) mass is 293 g/mol. The van der Waals surface area contributed by atoms with Crippen LogP contribution in [0.2, 0.25) is 5.02 Å². The molecule has 0 heterocycles. The van der Waals surface area contributed by atoms with Crippen molar-refractivity contribution in [2.75, 3.05) is 13.2 Å². The maximum absolute atomic E-state index is 11.4. The molecule has 0 unspecified atom stereocenters. The molecule has 1 aromatic rings. The van der Waals surface area contributed by atoms with E-state index in [-0.39, 0.29) is 13.2 Å². The molecule has 0 aliphatic rings. The minimum absolute atomic E-state index is 0.0516. The number of nitrogens with one attached hydrogen (secondary N) is 1. The third-order valence-corrected chi connectivity index (χ3v) is 2.77. The molecule has 0 fully saturated rings. The SMILES string of the molecule is O=C(NOCCO)c1ccc(Br)c(Cl)c1. The van der Waals surface area contributed by atoms with Gasteiger partial charge in [0.15, 0.2) is 0 Å². The molecule has 2 N–H and O–H groups in total. The fraction of sp³-hybridized carbons (Fsp3) is 0.222. The molecule has 1 aromatic carbocycles. The molecule has 0 aliphatic carbocycles. The van der Waals surface area contributed by atoms with Gasteiger partial charge in [-0.05, 0) is 34.1 Å². The van der Waals surface area contributed by atoms with E-state index >= 15 is 0 Å². The van der Waals surface area contributed by atoms with Crippen LogP contribution >= 0.6 is 27.5 Å². The van der Waals surface area contributed by atoms with Crippen LogP contribution in [0, 0.1) is 0 Å². The molecule has 0 bridgehead atoms. The van der Waals surface area contributed by atoms with E-state index in [0.717, 1.165) is 4.47 Å². The Hall–Kier alpha value is -0.620. The summed E-state index contributed by atoms with van der Waals surface area (Å²) < 4.78 is 0.719. The lowest BCUT2D eigenvalue weighted by molar-refractivity contribution is 0.0168. The fourth-order valence-electron chi connectivity index (χ4n) is 0.859. The van der Waals surface area contributed by atoms with Gasteiger partial charge in [-0.3, -0.25) is 9.63 Å². The van der Waals surface area contributed by atoms with Crippen LogP contribution in [0.1, 0.15) is 10.4 Å². The van der Waals surface area contributed by atoms with E-state index in [1.807, 2.05) is 0 Å². The molecule has 4 nitrogen and oxygen atoms in total. The summed E-state index contributed by atoms with van der Waals surface area (Å²) in [5, 5.41) is 8.88. The molecule has 0 aliphatic heterocycles. The molecule has 1 amide bonds. The summed E-state index contributed by atoms with van der Waals surface area (Å²) in [6, 6.07) is 4.79. The highest BCUT2D eigenvalue weighted by atomic mass is 79.9. The second kappa shape index (κ2) is 6.07. The van der Waals surface area contributed by atoms with Crippen molar-refractivity contribution in [3.8, 4) is 0 Å². The van der Waals surface area contributed by atoms with E-state index in [1.165, 1.54) is 6.07 Å². The molecule has 82 valence electrons. The van der Waals surface area contributed by atoms with Crippen LogP contribution < -0.4 is 5.48 Å². The van der Waals surface area contributed by atoms with E-state index in [2.05, 4.69) is 26.2 Å². The number of aliphatic hydroxyl groups excluding tert-OH is 1. The van der Waals surface area contributed by atoms with Crippen LogP contribution in [0.5, 0.6) is 0 Å². The molecule has 0 atom stereocenters. The molecule has 0 aromatic heterocycles. The first-order valence-corrected chi connectivity index (χ1v) is 5.30. The van der Waals surface area contributed by atoms with Gasteiger partial charge in [-0.25, -0.2) is 5.48 Å². The zero-order valence-electron chi connectivity index (χ0n) is 7.67. The van der Waals surface area contributed by atoms with Gasteiger partial charge >= 0.3 is 0 Å². The number of amides is 1. The van der Waals surface area contributed by atoms with Crippen molar-refractivity contribution in [2.24, 2.45) is 0 Å². The van der Waals surface area contributed by atoms with Crippen molar-refractivity contribution in [2.45, 2.75) is 0 Å². The van der Waals surface area contributed by atoms with E-state index in [1.54, 1.807) is 12.1 Å². The first-order valence-electron chi connectivity index (χ1n) is 4.13. The molecular formula is C9H9BrClNO3. The Morgan fingerprint density at radius 2 is 2.33 bits per heavy atom. The van der Waals surface area contributed by atoms with E-state index in [0.29, 0.717) is 10.6 Å². The predicted molar refractivity (Wildman–Crippen MR) is 59.7 cm³/mol. The maximum atomic E-state index is 11.4. The molecule has 6 heteroatoms. The Labute approximate surface area is 100 Å². The van der Waals surface area contributed by atoms with E-state index in [4.69, 9.17) is 16.7 Å². The minimum Gasteiger partial charge on any atom is -0.394 e. The number of hydrogen-bond donors (Lipinski definition) is 2. The third kappa shape index (κ3) is 3.79. The fourth-order valence-corrected chi connectivity index (χ4v) is 1.29. The lowest BCUT2D eigenvalue weighted by Gasteiger charge is -2.05. The number of halogens is 2. The molecule has 1 rings (SSSR count). The first-order chi connectivity index (χ1) is 7.15. The number of carbonyl (C=O) groups is 1. The lowest BCUT2D eigenvalue weighted by atomic mass is 10.2. The summed E-state index contributed by atoms with van der Waals surface area (Å²) in [5.41, 5.74) is 2.56. The third-order valence-electron chi connectivity index (χ3n) is 1.54. The zero-order valence-corrected chi connectivity index (χ0v) is 10.0. The van der Waals surface area contributed by atoms with Crippen molar-refractivity contribution in [1.82, 2.24) is 5.48 Å². The van der Waals surface area contributed by atoms with Crippen molar-refractivity contribution in [3.63, 3.8) is 0 Å². The number of hydroxylamine groups is 1. The van der Waals surface area contributed by atoms with Gasteiger partial charge < -0.3 is 5.11 Å². The number of aliphatic hydroxyl groups is 1. The quantitative estimate of drug-likeness (QED) is 0.657. The van der Waals surface area contributed by atoms with Crippen LogP contribution in [0.25, 0.3) is 0 Å². The number of rotatable bonds is 4. The topological polar surface area (TPSA) is 58.6 Å². The van der Waals surface area contributed by atoms with Gasteiger partial charge in [0.05, 0.1) is 18.2 Å². The van der Waals surface area contributed by atoms with Gasteiger partial charge in [-0.15, -0.1) is 0 Å². The second-order valence-corrected chi connectivity index (χ2v) is 3.89. The number of carbonyl (C=O) groups excluding carboxylic acids is 1. The number of benzene rings is 1. The Balaban J connectivity index is 2.62. The Kier molecular flexibility index (Phi) is 5.04. The van der Waals surface area contributed by atoms with Gasteiger partial charge in [-0.2, -0.15) is 0 Å². The molecule has 15 heavy (non-hydrogen) atoms. The van der Waals surface area contributed by atoms with Crippen LogP contribution in [0.4, 0.5) is 0 Å². The van der Waals surface area contributed by atoms with Gasteiger partial charge in [0.2, 0.25) is 0 Å². The molecule has 0 radical (unpaired) electrons. The number of hydrogen-bond acceptors (Lipinski definition) is 3. The highest BCUT2D eigenvalue weighted by Gasteiger charge is 2.07. The summed E-state index contributed by atoms with van der Waals surface area (Å²) >= 11 is 9.03. The Morgan fingerprint density at radius 3 is 2.93 bits per heavy atom. The van der Waals surface area contributed by atoms with E-state index in [9.17, 15) is 4.79 Å². The summed E-state index contributed by atoms with van der Waals surface area (Å²) in [6.45, 7) is -0.0998. The van der Waals surface area contributed by atoms with Gasteiger partial charge in [0.25, 0.3) is 5.91 Å². The van der Waals surface area contributed by atoms with Crippen LogP contribution in [0.15, 0.2) is 22.7 Å². The molecular weight excluding hydrogens is 285 g/mol. The van der Waals surface area contributed by atoms with Crippen molar-refractivity contribution < 1.29 is 14.7 Å². The van der Waals surface area contributed by atoms with Gasteiger partial charge in [0, 0.05) is 10.0 Å². The summed E-state index contributed by atoms with van der Waals surface area (Å²) in [6.07, 6.45) is 0. The summed E-state index contributed by atoms with van der Waals surface area (Å²) in [5.74, 6) is -0.405. The van der Waals surface area contributed by atoms with Crippen LogP contribution in [0.3, 0.4) is 0 Å². The first kappa shape index (κ1) is 12.4. The lowest BCUT2D eigenvalue weighted by Crippen LogP contribution is -2.25. The van der Waals surface area contributed by atoms with Crippen molar-refractivity contribution in [3.05, 3.63) is 33.3 Å². The summed E-state index contributed by atoms with van der Waals surface area (Å²) in [4.78, 5) is 16.1. The smallest absolute Gasteiger partial charge is 0.274 e.